The Bertz CT molecular complexity index is 1040. The molecule has 4 rings (SSSR count). The summed E-state index contributed by atoms with van der Waals surface area (Å²) in [6.45, 7) is 7.03. The van der Waals surface area contributed by atoms with E-state index >= 15 is 0 Å². The Balaban J connectivity index is 1.52. The summed E-state index contributed by atoms with van der Waals surface area (Å²) in [4.78, 5) is 20.7. The minimum Gasteiger partial charge on any atom is -0.493 e. The number of anilines is 1. The van der Waals surface area contributed by atoms with Crippen LogP contribution in [0.2, 0.25) is 0 Å². The van der Waals surface area contributed by atoms with Crippen LogP contribution in [0.5, 0.6) is 11.5 Å². The van der Waals surface area contributed by atoms with Gasteiger partial charge >= 0.3 is 0 Å². The Morgan fingerprint density at radius 1 is 1.20 bits per heavy atom. The maximum atomic E-state index is 12.6. The fraction of sp³-hybridized carbons (Fsp3) is 0.538. The van der Waals surface area contributed by atoms with Crippen LogP contribution in [0.1, 0.15) is 30.9 Å². The summed E-state index contributed by atoms with van der Waals surface area (Å²) in [5.74, 6) is 1.41. The molecule has 2 saturated heterocycles. The van der Waals surface area contributed by atoms with Crippen molar-refractivity contribution in [3.63, 3.8) is 0 Å². The Morgan fingerprint density at radius 3 is 2.54 bits per heavy atom. The number of methoxy groups -OCH3 is 1. The molecule has 2 aromatic rings. The minimum atomic E-state index is -1.47. The van der Waals surface area contributed by atoms with Crippen molar-refractivity contribution in [1.29, 1.82) is 0 Å². The second kappa shape index (κ2) is 10.0. The molecule has 0 aliphatic carbocycles. The molecule has 9 heteroatoms. The van der Waals surface area contributed by atoms with E-state index in [1.165, 1.54) is 4.90 Å². The zero-order valence-corrected chi connectivity index (χ0v) is 20.7. The van der Waals surface area contributed by atoms with Crippen LogP contribution in [-0.4, -0.2) is 89.3 Å². The molecule has 0 bridgehead atoms. The number of aryl methyl sites for hydroxylation is 1. The maximum Gasteiger partial charge on any atom is 0.253 e. The molecule has 2 aliphatic heterocycles. The van der Waals surface area contributed by atoms with Crippen LogP contribution in [0.3, 0.4) is 0 Å². The molecule has 4 atom stereocenters. The number of nitrogens with zero attached hydrogens (tertiary/aromatic N) is 3. The smallest absolute Gasteiger partial charge is 0.253 e. The fourth-order valence-electron chi connectivity index (χ4n) is 4.91. The summed E-state index contributed by atoms with van der Waals surface area (Å²) in [6, 6.07) is 9.74. The van der Waals surface area contributed by atoms with E-state index in [4.69, 9.17) is 9.47 Å². The molecule has 0 spiro atoms. The topological polar surface area (TPSA) is 116 Å². The third kappa shape index (κ3) is 4.94. The average Bonchev–Trinajstić information content (AvgIpc) is 3.19. The molecule has 190 valence electrons. The van der Waals surface area contributed by atoms with Gasteiger partial charge in [0.05, 0.1) is 32.9 Å². The summed E-state index contributed by atoms with van der Waals surface area (Å²) >= 11 is 0. The first-order chi connectivity index (χ1) is 16.7. The Labute approximate surface area is 205 Å². The first-order valence-electron chi connectivity index (χ1n) is 11.9. The van der Waals surface area contributed by atoms with Crippen molar-refractivity contribution in [2.45, 2.75) is 45.0 Å². The van der Waals surface area contributed by atoms with Crippen LogP contribution in [0.25, 0.3) is 0 Å². The summed E-state index contributed by atoms with van der Waals surface area (Å²) in [5.41, 5.74) is 1.39. The molecular weight excluding hydrogens is 450 g/mol. The lowest BCUT2D eigenvalue weighted by atomic mass is 9.72. The van der Waals surface area contributed by atoms with E-state index < -0.39 is 30.1 Å². The average molecular weight is 486 g/mol. The number of aliphatic hydroxyl groups is 3. The Hall–Kier alpha value is -2.88. The van der Waals surface area contributed by atoms with Gasteiger partial charge in [0.25, 0.3) is 5.91 Å². The molecule has 0 radical (unpaired) electrons. The number of amides is 1. The molecule has 1 amide bonds. The number of hydrogen-bond donors (Lipinski definition) is 3. The highest BCUT2D eigenvalue weighted by Crippen LogP contribution is 2.47. The van der Waals surface area contributed by atoms with Crippen molar-refractivity contribution in [2.24, 2.45) is 5.41 Å². The quantitative estimate of drug-likeness (QED) is 0.513. The van der Waals surface area contributed by atoms with Gasteiger partial charge in [-0.25, -0.2) is 4.98 Å². The van der Waals surface area contributed by atoms with Crippen molar-refractivity contribution in [2.75, 3.05) is 44.8 Å². The van der Waals surface area contributed by atoms with Gasteiger partial charge in [0.15, 0.2) is 17.6 Å². The second-order valence-electron chi connectivity index (χ2n) is 9.90. The monoisotopic (exact) mass is 485 g/mol. The molecule has 9 nitrogen and oxygen atoms in total. The lowest BCUT2D eigenvalue weighted by Gasteiger charge is -2.40. The Morgan fingerprint density at radius 2 is 1.94 bits per heavy atom. The number of aliphatic hydroxyl groups excluding tert-OH is 3. The highest BCUT2D eigenvalue weighted by atomic mass is 16.5. The highest BCUT2D eigenvalue weighted by Gasteiger charge is 2.49. The SMILES string of the molecule is COc1ccc([C@@H]2CN(C(=O)C(O)CO)C[C@@]2(C)C(C)O)cc1OC1CN(c2ccc(C)cn2)C1. The van der Waals surface area contributed by atoms with E-state index in [-0.39, 0.29) is 18.6 Å². The van der Waals surface area contributed by atoms with Gasteiger partial charge in [-0.15, -0.1) is 0 Å². The Kier molecular flexibility index (Phi) is 7.21. The molecule has 3 heterocycles. The van der Waals surface area contributed by atoms with E-state index in [1.807, 2.05) is 50.4 Å². The van der Waals surface area contributed by atoms with Gasteiger partial charge in [-0.3, -0.25) is 4.79 Å². The van der Waals surface area contributed by atoms with E-state index in [0.717, 1.165) is 16.9 Å². The molecule has 35 heavy (non-hydrogen) atoms. The standard InChI is InChI=1S/C26H35N3O6/c1-16-5-8-24(27-10-16)28-11-19(12-28)35-23-9-18(6-7-22(23)34-4)20-13-29(25(33)21(32)14-30)15-26(20,3)17(2)31/h5-10,17,19-21,30-32H,11-15H2,1-4H3/t17?,20-,21?,26-/m0/s1. The first kappa shape index (κ1) is 25.2. The van der Waals surface area contributed by atoms with Crippen molar-refractivity contribution in [3.8, 4) is 11.5 Å². The molecule has 2 fully saturated rings. The van der Waals surface area contributed by atoms with Crippen molar-refractivity contribution < 1.29 is 29.6 Å². The number of hydrogen-bond acceptors (Lipinski definition) is 8. The second-order valence-corrected chi connectivity index (χ2v) is 9.90. The normalized spacial score (nSPS) is 24.1. The maximum absolute atomic E-state index is 12.6. The predicted octanol–water partition coefficient (Wildman–Crippen LogP) is 1.33. The van der Waals surface area contributed by atoms with Crippen molar-refractivity contribution in [1.82, 2.24) is 9.88 Å². The van der Waals surface area contributed by atoms with Crippen LogP contribution < -0.4 is 14.4 Å². The van der Waals surface area contributed by atoms with E-state index in [1.54, 1.807) is 14.0 Å². The van der Waals surface area contributed by atoms with Crippen LogP contribution in [0, 0.1) is 12.3 Å². The number of ether oxygens (including phenoxy) is 2. The van der Waals surface area contributed by atoms with E-state index in [0.29, 0.717) is 31.1 Å². The third-order valence-electron chi connectivity index (χ3n) is 7.41. The fourth-order valence-corrected chi connectivity index (χ4v) is 4.91. The third-order valence-corrected chi connectivity index (χ3v) is 7.41. The highest BCUT2D eigenvalue weighted by molar-refractivity contribution is 5.81. The van der Waals surface area contributed by atoms with Crippen LogP contribution in [0.15, 0.2) is 36.5 Å². The summed E-state index contributed by atoms with van der Waals surface area (Å²) in [5, 5.41) is 29.7. The zero-order chi connectivity index (χ0) is 25.3. The van der Waals surface area contributed by atoms with Gasteiger partial charge in [0.1, 0.15) is 11.9 Å². The van der Waals surface area contributed by atoms with Gasteiger partial charge < -0.3 is 34.6 Å². The number of carbonyl (C=O) groups excluding carboxylic acids is 1. The van der Waals surface area contributed by atoms with Gasteiger partial charge in [-0.1, -0.05) is 19.1 Å². The number of benzene rings is 1. The molecule has 3 N–H and O–H groups in total. The minimum absolute atomic E-state index is 0.0215. The lowest BCUT2D eigenvalue weighted by molar-refractivity contribution is -0.141. The van der Waals surface area contributed by atoms with Crippen LogP contribution in [-0.2, 0) is 4.79 Å². The number of rotatable bonds is 8. The molecule has 1 aromatic heterocycles. The largest absolute Gasteiger partial charge is 0.493 e. The van der Waals surface area contributed by atoms with Gasteiger partial charge in [0, 0.05) is 30.6 Å². The lowest BCUT2D eigenvalue weighted by Crippen LogP contribution is -2.54. The van der Waals surface area contributed by atoms with Crippen molar-refractivity contribution >= 4 is 11.7 Å². The summed E-state index contributed by atoms with van der Waals surface area (Å²) in [6.07, 6.45) is -0.340. The predicted molar refractivity (Wildman–Crippen MR) is 131 cm³/mol. The number of pyridine rings is 1. The number of aromatic nitrogens is 1. The van der Waals surface area contributed by atoms with Crippen LogP contribution >= 0.6 is 0 Å². The summed E-state index contributed by atoms with van der Waals surface area (Å²) < 4.78 is 11.8. The molecule has 2 unspecified atom stereocenters. The van der Waals surface area contributed by atoms with Crippen LogP contribution in [0.4, 0.5) is 5.82 Å². The number of carbonyl (C=O) groups is 1. The van der Waals surface area contributed by atoms with E-state index in [2.05, 4.69) is 9.88 Å². The molecule has 1 aromatic carbocycles. The molecule has 0 saturated carbocycles. The summed E-state index contributed by atoms with van der Waals surface area (Å²) in [7, 11) is 1.59. The molecular formula is C26H35N3O6. The van der Waals surface area contributed by atoms with Gasteiger partial charge in [-0.05, 0) is 43.2 Å². The van der Waals surface area contributed by atoms with Gasteiger partial charge in [0.2, 0.25) is 0 Å². The molecule has 2 aliphatic rings. The number of likely N-dealkylation sites (tertiary alicyclic amines) is 1. The zero-order valence-electron chi connectivity index (χ0n) is 20.7. The van der Waals surface area contributed by atoms with Crippen molar-refractivity contribution in [3.05, 3.63) is 47.7 Å². The first-order valence-corrected chi connectivity index (χ1v) is 11.9. The van der Waals surface area contributed by atoms with E-state index in [9.17, 15) is 20.1 Å². The van der Waals surface area contributed by atoms with Gasteiger partial charge in [-0.2, -0.15) is 0 Å².